The molecule has 136 valence electrons. The molecule has 0 spiro atoms. The molecule has 1 aliphatic heterocycles. The van der Waals surface area contributed by atoms with Crippen LogP contribution in [0.25, 0.3) is 0 Å². The number of esters is 4. The summed E-state index contributed by atoms with van der Waals surface area (Å²) in [5, 5.41) is 10.0. The molecule has 0 radical (unpaired) electrons. The molecule has 1 N–H and O–H groups in total. The van der Waals surface area contributed by atoms with Crippen molar-refractivity contribution >= 4 is 23.9 Å². The summed E-state index contributed by atoms with van der Waals surface area (Å²) in [4.78, 5) is 44.9. The number of ether oxygens (including phenoxy) is 5. The summed E-state index contributed by atoms with van der Waals surface area (Å²) in [6, 6.07) is 0. The van der Waals surface area contributed by atoms with Gasteiger partial charge >= 0.3 is 23.9 Å². The normalized spacial score (nSPS) is 29.3. The van der Waals surface area contributed by atoms with Crippen LogP contribution in [0.4, 0.5) is 0 Å². The maximum absolute atomic E-state index is 11.3. The van der Waals surface area contributed by atoms with Crippen LogP contribution < -0.4 is 0 Å². The van der Waals surface area contributed by atoms with Crippen LogP contribution >= 0.6 is 0 Å². The Hall–Kier alpha value is -2.20. The molecule has 0 amide bonds. The first kappa shape index (κ1) is 19.8. The Balaban J connectivity index is 3.11. The lowest BCUT2D eigenvalue weighted by atomic mass is 9.98. The number of carbonyl (C=O) groups is 4. The largest absolute Gasteiger partial charge is 0.463 e. The van der Waals surface area contributed by atoms with Crippen molar-refractivity contribution in [1.29, 1.82) is 0 Å². The van der Waals surface area contributed by atoms with Crippen LogP contribution in [-0.2, 0) is 42.9 Å². The van der Waals surface area contributed by atoms with Gasteiger partial charge in [0, 0.05) is 27.7 Å². The van der Waals surface area contributed by atoms with Crippen molar-refractivity contribution in [2.24, 2.45) is 0 Å². The first-order valence-electron chi connectivity index (χ1n) is 7.10. The minimum absolute atomic E-state index is 0.366. The SMILES string of the molecule is CC(=O)OC[C@H]1O[C@@H](O)C(OC(C)=O)[C@@H](OC(C)=O)[C@@H]1OC(C)=O. The fourth-order valence-electron chi connectivity index (χ4n) is 2.21. The molecule has 0 bridgehead atoms. The number of aliphatic hydroxyl groups is 1. The average molecular weight is 348 g/mol. The summed E-state index contributed by atoms with van der Waals surface area (Å²) >= 11 is 0. The molecule has 1 saturated heterocycles. The molecule has 0 saturated carbocycles. The molecule has 0 aromatic carbocycles. The number of hydrogen-bond donors (Lipinski definition) is 1. The lowest BCUT2D eigenvalue weighted by molar-refractivity contribution is -0.296. The molecule has 1 aliphatic rings. The van der Waals surface area contributed by atoms with Crippen LogP contribution in [0.15, 0.2) is 0 Å². The molecule has 5 atom stereocenters. The molecule has 0 aromatic rings. The van der Waals surface area contributed by atoms with Crippen molar-refractivity contribution < 1.29 is 48.0 Å². The molecule has 24 heavy (non-hydrogen) atoms. The summed E-state index contributed by atoms with van der Waals surface area (Å²) in [6.45, 7) is 4.09. The molecule has 1 heterocycles. The highest BCUT2D eigenvalue weighted by molar-refractivity contribution is 5.68. The van der Waals surface area contributed by atoms with E-state index in [4.69, 9.17) is 23.7 Å². The Kier molecular flexibility index (Phi) is 7.11. The molecular formula is C14H20O10. The summed E-state index contributed by atoms with van der Waals surface area (Å²) in [5.74, 6) is -2.87. The van der Waals surface area contributed by atoms with Gasteiger partial charge in [-0.25, -0.2) is 0 Å². The Bertz CT molecular complexity index is 502. The second kappa shape index (κ2) is 8.60. The van der Waals surface area contributed by atoms with Crippen molar-refractivity contribution in [1.82, 2.24) is 0 Å². The Morgan fingerprint density at radius 3 is 1.71 bits per heavy atom. The Labute approximate surface area is 137 Å². The summed E-state index contributed by atoms with van der Waals surface area (Å²) in [7, 11) is 0. The number of hydrogen-bond acceptors (Lipinski definition) is 10. The highest BCUT2D eigenvalue weighted by Gasteiger charge is 2.51. The fraction of sp³-hybridized carbons (Fsp3) is 0.714. The third-order valence-electron chi connectivity index (χ3n) is 2.97. The van der Waals surface area contributed by atoms with Crippen molar-refractivity contribution in [3.05, 3.63) is 0 Å². The molecular weight excluding hydrogens is 328 g/mol. The lowest BCUT2D eigenvalue weighted by Gasteiger charge is -2.42. The van der Waals surface area contributed by atoms with E-state index < -0.39 is 54.6 Å². The molecule has 1 fully saturated rings. The molecule has 0 aliphatic carbocycles. The van der Waals surface area contributed by atoms with E-state index >= 15 is 0 Å². The van der Waals surface area contributed by atoms with Gasteiger partial charge < -0.3 is 28.8 Å². The smallest absolute Gasteiger partial charge is 0.303 e. The highest BCUT2D eigenvalue weighted by Crippen LogP contribution is 2.28. The molecule has 10 nitrogen and oxygen atoms in total. The van der Waals surface area contributed by atoms with Gasteiger partial charge in [-0.2, -0.15) is 0 Å². The van der Waals surface area contributed by atoms with Crippen molar-refractivity contribution in [2.75, 3.05) is 6.61 Å². The zero-order valence-electron chi connectivity index (χ0n) is 13.7. The van der Waals surface area contributed by atoms with Crippen molar-refractivity contribution in [2.45, 2.75) is 58.4 Å². The Morgan fingerprint density at radius 2 is 1.25 bits per heavy atom. The number of aliphatic hydroxyl groups excluding tert-OH is 1. The topological polar surface area (TPSA) is 135 Å². The zero-order chi connectivity index (χ0) is 18.4. The maximum Gasteiger partial charge on any atom is 0.303 e. The molecule has 0 aromatic heterocycles. The fourth-order valence-corrected chi connectivity index (χ4v) is 2.21. The van der Waals surface area contributed by atoms with Crippen LogP contribution in [-0.4, -0.2) is 66.3 Å². The predicted molar refractivity (Wildman–Crippen MR) is 74.2 cm³/mol. The van der Waals surface area contributed by atoms with E-state index in [-0.39, 0.29) is 6.61 Å². The van der Waals surface area contributed by atoms with E-state index in [9.17, 15) is 24.3 Å². The van der Waals surface area contributed by atoms with Gasteiger partial charge in [-0.1, -0.05) is 0 Å². The van der Waals surface area contributed by atoms with Crippen LogP contribution in [0.5, 0.6) is 0 Å². The summed E-state index contributed by atoms with van der Waals surface area (Å²) in [5.41, 5.74) is 0. The van der Waals surface area contributed by atoms with Crippen LogP contribution in [0.3, 0.4) is 0 Å². The van der Waals surface area contributed by atoms with E-state index in [1.54, 1.807) is 0 Å². The van der Waals surface area contributed by atoms with Crippen molar-refractivity contribution in [3.63, 3.8) is 0 Å². The quantitative estimate of drug-likeness (QED) is 0.490. The summed E-state index contributed by atoms with van der Waals surface area (Å²) < 4.78 is 25.0. The van der Waals surface area contributed by atoms with Gasteiger partial charge in [0.25, 0.3) is 0 Å². The molecule has 1 rings (SSSR count). The first-order chi connectivity index (χ1) is 11.1. The Morgan fingerprint density at radius 1 is 0.792 bits per heavy atom. The van der Waals surface area contributed by atoms with E-state index in [2.05, 4.69) is 0 Å². The third kappa shape index (κ3) is 5.78. The molecule has 1 unspecified atom stereocenters. The van der Waals surface area contributed by atoms with E-state index in [1.165, 1.54) is 0 Å². The van der Waals surface area contributed by atoms with E-state index in [0.29, 0.717) is 0 Å². The van der Waals surface area contributed by atoms with E-state index in [0.717, 1.165) is 27.7 Å². The minimum Gasteiger partial charge on any atom is -0.463 e. The van der Waals surface area contributed by atoms with Gasteiger partial charge in [0.15, 0.2) is 24.6 Å². The predicted octanol–water partition coefficient (Wildman–Crippen LogP) is -0.938. The van der Waals surface area contributed by atoms with Crippen LogP contribution in [0.1, 0.15) is 27.7 Å². The van der Waals surface area contributed by atoms with Crippen molar-refractivity contribution in [3.8, 4) is 0 Å². The van der Waals surface area contributed by atoms with Crippen LogP contribution in [0, 0.1) is 0 Å². The second-order valence-corrected chi connectivity index (χ2v) is 5.09. The van der Waals surface area contributed by atoms with Gasteiger partial charge in [-0.3, -0.25) is 19.2 Å². The number of rotatable bonds is 5. The lowest BCUT2D eigenvalue weighted by Crippen LogP contribution is -2.62. The van der Waals surface area contributed by atoms with Crippen LogP contribution in [0.2, 0.25) is 0 Å². The maximum atomic E-state index is 11.3. The average Bonchev–Trinajstić information content (AvgIpc) is 2.42. The van der Waals surface area contributed by atoms with Gasteiger partial charge in [0.2, 0.25) is 0 Å². The molecule has 10 heteroatoms. The second-order valence-electron chi connectivity index (χ2n) is 5.09. The van der Waals surface area contributed by atoms with E-state index in [1.807, 2.05) is 0 Å². The zero-order valence-corrected chi connectivity index (χ0v) is 13.7. The van der Waals surface area contributed by atoms with Gasteiger partial charge in [-0.15, -0.1) is 0 Å². The van der Waals surface area contributed by atoms with Gasteiger partial charge in [-0.05, 0) is 0 Å². The third-order valence-corrected chi connectivity index (χ3v) is 2.97. The standard InChI is InChI=1S/C14H20O10/c1-6(15)20-5-10-11(21-7(2)16)12(22-8(3)17)13(14(19)24-10)23-9(4)18/h10-14,19H,5H2,1-4H3/t10-,11-,12+,13?,14-/m1/s1. The first-order valence-corrected chi connectivity index (χ1v) is 7.10. The summed E-state index contributed by atoms with van der Waals surface area (Å²) in [6.07, 6.45) is -6.79. The highest BCUT2D eigenvalue weighted by atomic mass is 16.7. The number of carbonyl (C=O) groups excluding carboxylic acids is 4. The van der Waals surface area contributed by atoms with Gasteiger partial charge in [0.05, 0.1) is 0 Å². The van der Waals surface area contributed by atoms with Gasteiger partial charge in [0.1, 0.15) is 12.7 Å². The minimum atomic E-state index is -1.68. The monoisotopic (exact) mass is 348 g/mol.